The van der Waals surface area contributed by atoms with Crippen LogP contribution in [0, 0.1) is 17.7 Å². The number of nitrogens with one attached hydrogen (secondary N) is 1. The first-order chi connectivity index (χ1) is 13.6. The minimum absolute atomic E-state index is 0.0782. The maximum absolute atomic E-state index is 13.8. The summed E-state index contributed by atoms with van der Waals surface area (Å²) in [6.07, 6.45) is 12.1. The number of carbonyl (C=O) groups is 1. The smallest absolute Gasteiger partial charge is 0.223 e. The predicted octanol–water partition coefficient (Wildman–Crippen LogP) is 5.73. The molecule has 2 aliphatic rings. The third-order valence-electron chi connectivity index (χ3n) is 7.02. The van der Waals surface area contributed by atoms with Crippen LogP contribution in [-0.4, -0.2) is 16.9 Å². The summed E-state index contributed by atoms with van der Waals surface area (Å²) in [6, 6.07) is 7.29. The number of hydrogen-bond donors (Lipinski definition) is 1. The Balaban J connectivity index is 1.38. The van der Waals surface area contributed by atoms with E-state index in [-0.39, 0.29) is 17.6 Å². The normalized spacial score (nSPS) is 24.8. The number of halogens is 1. The second-order valence-corrected chi connectivity index (χ2v) is 8.81. The highest BCUT2D eigenvalue weighted by Gasteiger charge is 2.31. The van der Waals surface area contributed by atoms with Gasteiger partial charge in [-0.2, -0.15) is 0 Å². The second-order valence-electron chi connectivity index (χ2n) is 8.81. The molecule has 1 N–H and O–H groups in total. The van der Waals surface area contributed by atoms with E-state index in [1.807, 2.05) is 12.3 Å². The van der Waals surface area contributed by atoms with Gasteiger partial charge in [-0.1, -0.05) is 26.2 Å². The fourth-order valence-corrected chi connectivity index (χ4v) is 5.22. The summed E-state index contributed by atoms with van der Waals surface area (Å²) in [4.78, 5) is 17.1. The lowest BCUT2D eigenvalue weighted by Crippen LogP contribution is -2.41. The lowest BCUT2D eigenvalue weighted by atomic mass is 9.73. The largest absolute Gasteiger partial charge is 0.353 e. The Hall–Kier alpha value is -1.97. The van der Waals surface area contributed by atoms with Crippen molar-refractivity contribution in [1.29, 1.82) is 0 Å². The molecule has 0 aliphatic heterocycles. The molecular formula is C24H31FN2O. The first kappa shape index (κ1) is 19.4. The average molecular weight is 383 g/mol. The number of amides is 1. The summed E-state index contributed by atoms with van der Waals surface area (Å²) in [6.45, 7) is 2.10. The lowest BCUT2D eigenvalue weighted by molar-refractivity contribution is -0.127. The van der Waals surface area contributed by atoms with Crippen molar-refractivity contribution in [3.05, 3.63) is 41.8 Å². The van der Waals surface area contributed by atoms with E-state index in [0.717, 1.165) is 49.4 Å². The molecule has 0 unspecified atom stereocenters. The zero-order valence-electron chi connectivity index (χ0n) is 16.8. The van der Waals surface area contributed by atoms with Gasteiger partial charge >= 0.3 is 0 Å². The number of rotatable bonds is 4. The van der Waals surface area contributed by atoms with Crippen LogP contribution in [-0.2, 0) is 4.79 Å². The lowest BCUT2D eigenvalue weighted by Gasteiger charge is -2.33. The number of aromatic nitrogens is 1. The minimum atomic E-state index is -0.205. The predicted molar refractivity (Wildman–Crippen MR) is 111 cm³/mol. The molecule has 0 radical (unpaired) electrons. The number of pyridine rings is 1. The van der Waals surface area contributed by atoms with Crippen molar-refractivity contribution in [3.8, 4) is 0 Å². The summed E-state index contributed by atoms with van der Waals surface area (Å²) in [5.74, 6) is 0.992. The molecule has 2 saturated carbocycles. The SMILES string of the molecule is C[C@@H](C(=O)NC1CCCCC1)C1CCC(c2ccnc3ccc(F)cc23)CC1. The van der Waals surface area contributed by atoms with E-state index in [1.54, 1.807) is 12.1 Å². The van der Waals surface area contributed by atoms with Crippen LogP contribution in [0.25, 0.3) is 10.9 Å². The van der Waals surface area contributed by atoms with Gasteiger partial charge in [0, 0.05) is 23.5 Å². The van der Waals surface area contributed by atoms with Crippen molar-refractivity contribution in [3.63, 3.8) is 0 Å². The fraction of sp³-hybridized carbons (Fsp3) is 0.583. The maximum atomic E-state index is 13.8. The van der Waals surface area contributed by atoms with Gasteiger partial charge in [0.15, 0.2) is 0 Å². The summed E-state index contributed by atoms with van der Waals surface area (Å²) in [7, 11) is 0. The van der Waals surface area contributed by atoms with Gasteiger partial charge in [-0.05, 0) is 80.2 Å². The standard InChI is InChI=1S/C24H31FN2O/c1-16(24(28)27-20-5-3-2-4-6-20)17-7-9-18(10-8-17)21-13-14-26-23-12-11-19(25)15-22(21)23/h11-18,20H,2-10H2,1H3,(H,27,28)/t16-,17?,18?/m1/s1. The van der Waals surface area contributed by atoms with E-state index < -0.39 is 0 Å². The van der Waals surface area contributed by atoms with Gasteiger partial charge in [-0.3, -0.25) is 9.78 Å². The number of benzene rings is 1. The second kappa shape index (κ2) is 8.59. The van der Waals surface area contributed by atoms with Crippen LogP contribution in [0.1, 0.15) is 76.2 Å². The average Bonchev–Trinajstić information content (AvgIpc) is 2.73. The molecule has 2 fully saturated rings. The monoisotopic (exact) mass is 382 g/mol. The topological polar surface area (TPSA) is 42.0 Å². The quantitative estimate of drug-likeness (QED) is 0.733. The molecule has 1 aromatic carbocycles. The van der Waals surface area contributed by atoms with Crippen molar-refractivity contribution in [2.24, 2.45) is 11.8 Å². The maximum Gasteiger partial charge on any atom is 0.223 e. The Kier molecular flexibility index (Phi) is 5.93. The Morgan fingerprint density at radius 1 is 1.07 bits per heavy atom. The van der Waals surface area contributed by atoms with Gasteiger partial charge < -0.3 is 5.32 Å². The van der Waals surface area contributed by atoms with Gasteiger partial charge in [0.25, 0.3) is 0 Å². The minimum Gasteiger partial charge on any atom is -0.353 e. The molecule has 150 valence electrons. The molecule has 4 rings (SSSR count). The highest BCUT2D eigenvalue weighted by atomic mass is 19.1. The van der Waals surface area contributed by atoms with E-state index in [9.17, 15) is 9.18 Å². The van der Waals surface area contributed by atoms with Crippen molar-refractivity contribution in [2.45, 2.75) is 76.7 Å². The van der Waals surface area contributed by atoms with Crippen LogP contribution in [0.15, 0.2) is 30.5 Å². The molecule has 1 amide bonds. The van der Waals surface area contributed by atoms with Crippen molar-refractivity contribution < 1.29 is 9.18 Å². The van der Waals surface area contributed by atoms with Gasteiger partial charge in [0.05, 0.1) is 5.52 Å². The fourth-order valence-electron chi connectivity index (χ4n) is 5.22. The molecule has 1 heterocycles. The number of hydrogen-bond acceptors (Lipinski definition) is 2. The first-order valence-corrected chi connectivity index (χ1v) is 11.0. The molecule has 2 aliphatic carbocycles. The van der Waals surface area contributed by atoms with E-state index in [2.05, 4.69) is 17.2 Å². The summed E-state index contributed by atoms with van der Waals surface area (Å²) < 4.78 is 13.8. The van der Waals surface area contributed by atoms with Crippen molar-refractivity contribution >= 4 is 16.8 Å². The van der Waals surface area contributed by atoms with Crippen molar-refractivity contribution in [1.82, 2.24) is 10.3 Å². The first-order valence-electron chi connectivity index (χ1n) is 11.0. The summed E-state index contributed by atoms with van der Waals surface area (Å²) >= 11 is 0. The van der Waals surface area contributed by atoms with Crippen LogP contribution in [0.2, 0.25) is 0 Å². The number of fused-ring (bicyclic) bond motifs is 1. The number of carbonyl (C=O) groups excluding carboxylic acids is 1. The zero-order chi connectivity index (χ0) is 19.5. The Morgan fingerprint density at radius 2 is 1.82 bits per heavy atom. The molecule has 0 bridgehead atoms. The highest BCUT2D eigenvalue weighted by molar-refractivity contribution is 5.82. The Labute approximate surface area is 167 Å². The van der Waals surface area contributed by atoms with E-state index in [4.69, 9.17) is 0 Å². The van der Waals surface area contributed by atoms with Gasteiger partial charge in [-0.25, -0.2) is 4.39 Å². The third kappa shape index (κ3) is 4.21. The van der Waals surface area contributed by atoms with Crippen molar-refractivity contribution in [2.75, 3.05) is 0 Å². The van der Waals surface area contributed by atoms with Gasteiger partial charge in [0.2, 0.25) is 5.91 Å². The van der Waals surface area contributed by atoms with Crippen LogP contribution in [0.5, 0.6) is 0 Å². The zero-order valence-corrected chi connectivity index (χ0v) is 16.8. The Bertz CT molecular complexity index is 822. The molecule has 3 nitrogen and oxygen atoms in total. The highest BCUT2D eigenvalue weighted by Crippen LogP contribution is 2.40. The van der Waals surface area contributed by atoms with Crippen LogP contribution < -0.4 is 5.32 Å². The number of nitrogens with zero attached hydrogens (tertiary/aromatic N) is 1. The van der Waals surface area contributed by atoms with Crippen LogP contribution in [0.4, 0.5) is 4.39 Å². The molecule has 0 saturated heterocycles. The van der Waals surface area contributed by atoms with E-state index in [0.29, 0.717) is 17.9 Å². The third-order valence-corrected chi connectivity index (χ3v) is 7.02. The Morgan fingerprint density at radius 3 is 2.57 bits per heavy atom. The molecule has 2 aromatic rings. The molecule has 28 heavy (non-hydrogen) atoms. The van der Waals surface area contributed by atoms with Gasteiger partial charge in [-0.15, -0.1) is 0 Å². The summed E-state index contributed by atoms with van der Waals surface area (Å²) in [5, 5.41) is 4.24. The molecule has 4 heteroatoms. The molecule has 1 aromatic heterocycles. The van der Waals surface area contributed by atoms with E-state index >= 15 is 0 Å². The molecular weight excluding hydrogens is 351 g/mol. The molecule has 1 atom stereocenters. The summed E-state index contributed by atoms with van der Waals surface area (Å²) in [5.41, 5.74) is 2.07. The van der Waals surface area contributed by atoms with Crippen LogP contribution >= 0.6 is 0 Å². The molecule has 0 spiro atoms. The van der Waals surface area contributed by atoms with Gasteiger partial charge in [0.1, 0.15) is 5.82 Å². The van der Waals surface area contributed by atoms with Crippen LogP contribution in [0.3, 0.4) is 0 Å². The van der Waals surface area contributed by atoms with E-state index in [1.165, 1.54) is 30.9 Å².